The first kappa shape index (κ1) is 16.3. The maximum Gasteiger partial charge on any atom is 0.254 e. The summed E-state index contributed by atoms with van der Waals surface area (Å²) in [5.74, 6) is -0.583. The Morgan fingerprint density at radius 2 is 1.83 bits per heavy atom. The lowest BCUT2D eigenvalue weighted by Crippen LogP contribution is -2.24. The van der Waals surface area contributed by atoms with E-state index in [1.54, 1.807) is 0 Å². The third-order valence-corrected chi connectivity index (χ3v) is 4.07. The average Bonchev–Trinajstić information content (AvgIpc) is 3.07. The summed E-state index contributed by atoms with van der Waals surface area (Å²) in [5.41, 5.74) is 3.41. The summed E-state index contributed by atoms with van der Waals surface area (Å²) in [6.45, 7) is 2.04. The zero-order valence-electron chi connectivity index (χ0n) is 13.6. The molecule has 0 aliphatic carbocycles. The molecule has 126 valence electrons. The standard InChI is InChI=1S/C18H19FN2O3/c1-23-16-6-14(15(19)7-17(16)24-2)18(22)21-8-11-3-4-12-9-20-10-13(12)5-11/h3-7,20H,8-10H2,1-2H3,(H,21,22). The molecular formula is C18H19FN2O3. The van der Waals surface area contributed by atoms with Gasteiger partial charge in [0.1, 0.15) is 5.82 Å². The molecule has 0 atom stereocenters. The van der Waals surface area contributed by atoms with Gasteiger partial charge in [0, 0.05) is 25.7 Å². The van der Waals surface area contributed by atoms with Gasteiger partial charge in [-0.3, -0.25) is 4.79 Å². The van der Waals surface area contributed by atoms with Gasteiger partial charge in [-0.25, -0.2) is 4.39 Å². The third kappa shape index (κ3) is 3.19. The molecule has 1 heterocycles. The van der Waals surface area contributed by atoms with Gasteiger partial charge in [-0.1, -0.05) is 18.2 Å². The Labute approximate surface area is 139 Å². The zero-order chi connectivity index (χ0) is 17.1. The van der Waals surface area contributed by atoms with Crippen LogP contribution in [0.3, 0.4) is 0 Å². The van der Waals surface area contributed by atoms with E-state index >= 15 is 0 Å². The number of hydrogen-bond donors (Lipinski definition) is 2. The van der Waals surface area contributed by atoms with Crippen LogP contribution in [0, 0.1) is 5.82 Å². The lowest BCUT2D eigenvalue weighted by Gasteiger charge is -2.11. The van der Waals surface area contributed by atoms with Crippen LogP contribution < -0.4 is 20.1 Å². The predicted molar refractivity (Wildman–Crippen MR) is 87.7 cm³/mol. The van der Waals surface area contributed by atoms with Gasteiger partial charge in [-0.2, -0.15) is 0 Å². The highest BCUT2D eigenvalue weighted by molar-refractivity contribution is 5.95. The number of amides is 1. The van der Waals surface area contributed by atoms with Gasteiger partial charge in [0.25, 0.3) is 5.91 Å². The van der Waals surface area contributed by atoms with Crippen LogP contribution in [0.2, 0.25) is 0 Å². The Balaban J connectivity index is 1.73. The topological polar surface area (TPSA) is 59.6 Å². The molecule has 24 heavy (non-hydrogen) atoms. The van der Waals surface area contributed by atoms with Crippen LogP contribution in [0.5, 0.6) is 11.5 Å². The summed E-state index contributed by atoms with van der Waals surface area (Å²) < 4.78 is 24.2. The molecule has 0 fully saturated rings. The Morgan fingerprint density at radius 3 is 2.58 bits per heavy atom. The van der Waals surface area contributed by atoms with Crippen molar-refractivity contribution in [2.75, 3.05) is 14.2 Å². The van der Waals surface area contributed by atoms with Gasteiger partial charge in [-0.15, -0.1) is 0 Å². The molecule has 2 N–H and O–H groups in total. The number of carbonyl (C=O) groups is 1. The molecule has 6 heteroatoms. The zero-order valence-corrected chi connectivity index (χ0v) is 13.6. The molecule has 0 spiro atoms. The summed E-state index contributed by atoms with van der Waals surface area (Å²) in [4.78, 5) is 12.3. The molecule has 0 aromatic heterocycles. The summed E-state index contributed by atoms with van der Waals surface area (Å²) in [5, 5.41) is 6.01. The summed E-state index contributed by atoms with van der Waals surface area (Å²) in [6, 6.07) is 8.57. The molecule has 1 aliphatic heterocycles. The number of rotatable bonds is 5. The summed E-state index contributed by atoms with van der Waals surface area (Å²) in [7, 11) is 2.86. The lowest BCUT2D eigenvalue weighted by atomic mass is 10.1. The molecule has 0 radical (unpaired) electrons. The van der Waals surface area contributed by atoms with Crippen LogP contribution in [-0.2, 0) is 19.6 Å². The Bertz CT molecular complexity index is 777. The maximum atomic E-state index is 14.1. The number of carbonyl (C=O) groups excluding carboxylic acids is 1. The first-order chi connectivity index (χ1) is 11.6. The number of hydrogen-bond acceptors (Lipinski definition) is 4. The first-order valence-corrected chi connectivity index (χ1v) is 7.63. The van der Waals surface area contributed by atoms with Crippen LogP contribution in [0.15, 0.2) is 30.3 Å². The van der Waals surface area contributed by atoms with E-state index in [2.05, 4.69) is 16.7 Å². The van der Waals surface area contributed by atoms with Crippen LogP contribution >= 0.6 is 0 Å². The van der Waals surface area contributed by atoms with Crippen molar-refractivity contribution < 1.29 is 18.7 Å². The summed E-state index contributed by atoms with van der Waals surface area (Å²) >= 11 is 0. The molecule has 3 rings (SSSR count). The van der Waals surface area contributed by atoms with Crippen molar-refractivity contribution in [1.29, 1.82) is 0 Å². The smallest absolute Gasteiger partial charge is 0.254 e. The first-order valence-electron chi connectivity index (χ1n) is 7.63. The second kappa shape index (κ2) is 6.88. The number of halogens is 1. The van der Waals surface area contributed by atoms with Crippen molar-refractivity contribution in [1.82, 2.24) is 10.6 Å². The van der Waals surface area contributed by atoms with Gasteiger partial charge in [0.05, 0.1) is 19.8 Å². The SMILES string of the molecule is COc1cc(F)c(C(=O)NCc2ccc3c(c2)CNC3)cc1OC. The fourth-order valence-corrected chi connectivity index (χ4v) is 2.76. The highest BCUT2D eigenvalue weighted by Gasteiger charge is 2.17. The van der Waals surface area contributed by atoms with E-state index in [0.717, 1.165) is 24.7 Å². The minimum atomic E-state index is -0.650. The van der Waals surface area contributed by atoms with E-state index in [9.17, 15) is 9.18 Å². The molecule has 1 aliphatic rings. The summed E-state index contributed by atoms with van der Waals surface area (Å²) in [6.07, 6.45) is 0. The van der Waals surface area contributed by atoms with Gasteiger partial charge in [0.15, 0.2) is 11.5 Å². The van der Waals surface area contributed by atoms with Crippen LogP contribution in [0.4, 0.5) is 4.39 Å². The van der Waals surface area contributed by atoms with Crippen molar-refractivity contribution in [2.24, 2.45) is 0 Å². The van der Waals surface area contributed by atoms with Gasteiger partial charge in [-0.05, 0) is 22.8 Å². The molecule has 0 saturated heterocycles. The van der Waals surface area contributed by atoms with E-state index in [1.165, 1.54) is 31.4 Å². The molecule has 2 aromatic carbocycles. The van der Waals surface area contributed by atoms with E-state index in [1.807, 2.05) is 12.1 Å². The molecule has 2 aromatic rings. The van der Waals surface area contributed by atoms with E-state index in [0.29, 0.717) is 12.3 Å². The van der Waals surface area contributed by atoms with Gasteiger partial charge >= 0.3 is 0 Å². The van der Waals surface area contributed by atoms with Gasteiger partial charge in [0.2, 0.25) is 0 Å². The fourth-order valence-electron chi connectivity index (χ4n) is 2.76. The van der Waals surface area contributed by atoms with Crippen molar-refractivity contribution in [3.63, 3.8) is 0 Å². The second-order valence-electron chi connectivity index (χ2n) is 5.58. The number of methoxy groups -OCH3 is 2. The van der Waals surface area contributed by atoms with Crippen molar-refractivity contribution in [3.8, 4) is 11.5 Å². The fraction of sp³-hybridized carbons (Fsp3) is 0.278. The van der Waals surface area contributed by atoms with E-state index in [4.69, 9.17) is 9.47 Å². The maximum absolute atomic E-state index is 14.1. The van der Waals surface area contributed by atoms with Gasteiger partial charge < -0.3 is 20.1 Å². The number of fused-ring (bicyclic) bond motifs is 1. The van der Waals surface area contributed by atoms with Crippen molar-refractivity contribution >= 4 is 5.91 Å². The second-order valence-corrected chi connectivity index (χ2v) is 5.58. The minimum Gasteiger partial charge on any atom is -0.493 e. The molecular weight excluding hydrogens is 311 g/mol. The molecule has 5 nitrogen and oxygen atoms in total. The lowest BCUT2D eigenvalue weighted by molar-refractivity contribution is 0.0946. The molecule has 0 bridgehead atoms. The Morgan fingerprint density at radius 1 is 1.12 bits per heavy atom. The number of benzene rings is 2. The highest BCUT2D eigenvalue weighted by Crippen LogP contribution is 2.29. The normalized spacial score (nSPS) is 12.6. The van der Waals surface area contributed by atoms with Crippen molar-refractivity contribution in [2.45, 2.75) is 19.6 Å². The number of ether oxygens (including phenoxy) is 2. The third-order valence-electron chi connectivity index (χ3n) is 4.07. The number of nitrogens with one attached hydrogen (secondary N) is 2. The quantitative estimate of drug-likeness (QED) is 0.884. The van der Waals surface area contributed by atoms with Crippen LogP contribution in [0.1, 0.15) is 27.0 Å². The highest BCUT2D eigenvalue weighted by atomic mass is 19.1. The largest absolute Gasteiger partial charge is 0.493 e. The van der Waals surface area contributed by atoms with E-state index in [-0.39, 0.29) is 11.3 Å². The van der Waals surface area contributed by atoms with Crippen molar-refractivity contribution in [3.05, 3.63) is 58.4 Å². The monoisotopic (exact) mass is 330 g/mol. The Hall–Kier alpha value is -2.60. The van der Waals surface area contributed by atoms with Crippen LogP contribution in [0.25, 0.3) is 0 Å². The predicted octanol–water partition coefficient (Wildman–Crippen LogP) is 2.38. The average molecular weight is 330 g/mol. The van der Waals surface area contributed by atoms with E-state index < -0.39 is 11.7 Å². The molecule has 1 amide bonds. The molecule has 0 saturated carbocycles. The minimum absolute atomic E-state index is 0.0736. The van der Waals surface area contributed by atoms with Crippen LogP contribution in [-0.4, -0.2) is 20.1 Å². The molecule has 0 unspecified atom stereocenters. The Kier molecular flexibility index (Phi) is 4.66.